The first-order valence-electron chi connectivity index (χ1n) is 11.3. The highest BCUT2D eigenvalue weighted by Crippen LogP contribution is 2.19. The van der Waals surface area contributed by atoms with Gasteiger partial charge in [0.25, 0.3) is 5.91 Å². The van der Waals surface area contributed by atoms with E-state index in [1.54, 1.807) is 32.9 Å². The van der Waals surface area contributed by atoms with Gasteiger partial charge in [0.05, 0.1) is 12.1 Å². The molecule has 35 heavy (non-hydrogen) atoms. The summed E-state index contributed by atoms with van der Waals surface area (Å²) in [5, 5.41) is 7.88. The van der Waals surface area contributed by atoms with Crippen LogP contribution in [-0.2, 0) is 25.6 Å². The van der Waals surface area contributed by atoms with Crippen LogP contribution in [0.4, 0.5) is 10.5 Å². The van der Waals surface area contributed by atoms with E-state index in [4.69, 9.17) is 9.47 Å². The number of anilines is 1. The van der Waals surface area contributed by atoms with Gasteiger partial charge in [0.2, 0.25) is 5.91 Å². The molecule has 0 saturated carbocycles. The first-order chi connectivity index (χ1) is 16.4. The van der Waals surface area contributed by atoms with Gasteiger partial charge in [-0.05, 0) is 70.4 Å². The smallest absolute Gasteiger partial charge is 0.407 e. The largest absolute Gasteiger partial charge is 0.449 e. The summed E-state index contributed by atoms with van der Waals surface area (Å²) >= 11 is 0. The van der Waals surface area contributed by atoms with Gasteiger partial charge in [0, 0.05) is 12.2 Å². The molecule has 2 rings (SSSR count). The fraction of sp³-hybridized carbons (Fsp3) is 0.385. The number of alkyl carbamates (subject to hydrolysis) is 1. The van der Waals surface area contributed by atoms with E-state index in [1.807, 2.05) is 32.0 Å². The van der Waals surface area contributed by atoms with Crippen molar-refractivity contribution in [1.29, 1.82) is 0 Å². The van der Waals surface area contributed by atoms with E-state index >= 15 is 0 Å². The van der Waals surface area contributed by atoms with E-state index in [9.17, 15) is 19.2 Å². The van der Waals surface area contributed by atoms with Gasteiger partial charge in [-0.25, -0.2) is 9.59 Å². The Morgan fingerprint density at radius 3 is 2.09 bits per heavy atom. The summed E-state index contributed by atoms with van der Waals surface area (Å²) in [6.07, 6.45) is -1.63. The van der Waals surface area contributed by atoms with Crippen LogP contribution in [0.5, 0.6) is 0 Å². The number of esters is 1. The maximum absolute atomic E-state index is 12.4. The zero-order chi connectivity index (χ0) is 26.2. The van der Waals surface area contributed by atoms with E-state index < -0.39 is 29.7 Å². The predicted molar refractivity (Wildman–Crippen MR) is 132 cm³/mol. The Morgan fingerprint density at radius 1 is 0.914 bits per heavy atom. The number of para-hydroxylation sites is 1. The number of rotatable bonds is 8. The number of ether oxygens (including phenoxy) is 2. The van der Waals surface area contributed by atoms with Crippen LogP contribution in [-0.4, -0.2) is 42.1 Å². The first-order valence-corrected chi connectivity index (χ1v) is 11.3. The molecule has 1 atom stereocenters. The quantitative estimate of drug-likeness (QED) is 0.493. The molecule has 3 N–H and O–H groups in total. The second-order valence-corrected chi connectivity index (χ2v) is 9.13. The van der Waals surface area contributed by atoms with Crippen LogP contribution in [0.15, 0.2) is 42.5 Å². The highest BCUT2D eigenvalue weighted by molar-refractivity contribution is 5.97. The SMILES string of the molecule is Cc1cccc(C)c1NC(=O)CNC(=O)C(C)OC(=O)c1ccc(CNC(=O)OC(C)(C)C)cc1. The van der Waals surface area contributed by atoms with Gasteiger partial charge in [-0.15, -0.1) is 0 Å². The van der Waals surface area contributed by atoms with Crippen molar-refractivity contribution < 1.29 is 28.7 Å². The van der Waals surface area contributed by atoms with E-state index in [-0.39, 0.29) is 24.6 Å². The summed E-state index contributed by atoms with van der Waals surface area (Å²) in [5.74, 6) is -1.66. The van der Waals surface area contributed by atoms with Gasteiger partial charge in [0.15, 0.2) is 6.10 Å². The van der Waals surface area contributed by atoms with Crippen LogP contribution in [0.3, 0.4) is 0 Å². The lowest BCUT2D eigenvalue weighted by atomic mass is 10.1. The molecule has 0 heterocycles. The second-order valence-electron chi connectivity index (χ2n) is 9.13. The number of carbonyl (C=O) groups is 4. The van der Waals surface area contributed by atoms with Crippen molar-refractivity contribution in [3.8, 4) is 0 Å². The summed E-state index contributed by atoms with van der Waals surface area (Å²) in [6.45, 7) is 10.5. The molecule has 0 aromatic heterocycles. The molecule has 1 unspecified atom stereocenters. The third kappa shape index (κ3) is 9.11. The lowest BCUT2D eigenvalue weighted by Gasteiger charge is -2.19. The Hall–Kier alpha value is -3.88. The standard InChI is InChI=1S/C26H33N3O6/c1-16-8-7-9-17(2)22(16)29-21(30)15-27-23(31)18(3)34-24(32)20-12-10-19(11-13-20)14-28-25(33)35-26(4,5)6/h7-13,18H,14-15H2,1-6H3,(H,27,31)(H,28,33)(H,29,30). The molecule has 3 amide bonds. The fourth-order valence-electron chi connectivity index (χ4n) is 3.04. The molecule has 188 valence electrons. The maximum Gasteiger partial charge on any atom is 0.407 e. The molecule has 0 aliphatic heterocycles. The number of aryl methyl sites for hydroxylation is 2. The summed E-state index contributed by atoms with van der Waals surface area (Å²) in [7, 11) is 0. The van der Waals surface area contributed by atoms with Crippen LogP contribution < -0.4 is 16.0 Å². The van der Waals surface area contributed by atoms with Gasteiger partial charge in [0.1, 0.15) is 5.60 Å². The molecule has 0 saturated heterocycles. The highest BCUT2D eigenvalue weighted by Gasteiger charge is 2.20. The lowest BCUT2D eigenvalue weighted by Crippen LogP contribution is -2.40. The Labute approximate surface area is 205 Å². The Morgan fingerprint density at radius 2 is 1.51 bits per heavy atom. The topological polar surface area (TPSA) is 123 Å². The lowest BCUT2D eigenvalue weighted by molar-refractivity contribution is -0.130. The third-order valence-corrected chi connectivity index (χ3v) is 4.85. The summed E-state index contributed by atoms with van der Waals surface area (Å²) in [6, 6.07) is 12.1. The van der Waals surface area contributed by atoms with Crippen molar-refractivity contribution in [2.24, 2.45) is 0 Å². The number of amides is 3. The Balaban J connectivity index is 1.80. The maximum atomic E-state index is 12.4. The second kappa shape index (κ2) is 12.0. The third-order valence-electron chi connectivity index (χ3n) is 4.85. The van der Waals surface area contributed by atoms with Crippen LogP contribution in [0.1, 0.15) is 54.7 Å². The molecule has 2 aromatic carbocycles. The number of carbonyl (C=O) groups excluding carboxylic acids is 4. The van der Waals surface area contributed by atoms with Crippen molar-refractivity contribution in [2.45, 2.75) is 59.8 Å². The highest BCUT2D eigenvalue weighted by atomic mass is 16.6. The molecule has 2 aromatic rings. The zero-order valence-corrected chi connectivity index (χ0v) is 21.0. The molecule has 0 bridgehead atoms. The van der Waals surface area contributed by atoms with Gasteiger partial charge in [-0.2, -0.15) is 0 Å². The monoisotopic (exact) mass is 483 g/mol. The van der Waals surface area contributed by atoms with Gasteiger partial charge >= 0.3 is 12.1 Å². The molecule has 0 radical (unpaired) electrons. The summed E-state index contributed by atoms with van der Waals surface area (Å²) in [5.41, 5.74) is 2.95. The van der Waals surface area contributed by atoms with Crippen LogP contribution in [0, 0.1) is 13.8 Å². The minimum absolute atomic E-state index is 0.229. The Bertz CT molecular complexity index is 1050. The minimum Gasteiger partial charge on any atom is -0.449 e. The fourth-order valence-corrected chi connectivity index (χ4v) is 3.04. The Kier molecular flexibility index (Phi) is 9.39. The van der Waals surface area contributed by atoms with E-state index in [1.165, 1.54) is 19.1 Å². The van der Waals surface area contributed by atoms with Gasteiger partial charge in [-0.1, -0.05) is 30.3 Å². The molecule has 0 spiro atoms. The molecule has 9 heteroatoms. The number of benzene rings is 2. The van der Waals surface area contributed by atoms with Crippen molar-refractivity contribution in [3.63, 3.8) is 0 Å². The van der Waals surface area contributed by atoms with Crippen molar-refractivity contribution >= 4 is 29.6 Å². The van der Waals surface area contributed by atoms with Crippen molar-refractivity contribution in [1.82, 2.24) is 10.6 Å². The van der Waals surface area contributed by atoms with E-state index in [0.717, 1.165) is 16.7 Å². The number of hydrogen-bond acceptors (Lipinski definition) is 6. The zero-order valence-electron chi connectivity index (χ0n) is 21.0. The summed E-state index contributed by atoms with van der Waals surface area (Å²) < 4.78 is 10.4. The molecule has 0 aliphatic carbocycles. The summed E-state index contributed by atoms with van der Waals surface area (Å²) in [4.78, 5) is 48.6. The van der Waals surface area contributed by atoms with Crippen LogP contribution in [0.25, 0.3) is 0 Å². The van der Waals surface area contributed by atoms with Crippen LogP contribution in [0.2, 0.25) is 0 Å². The molecule has 9 nitrogen and oxygen atoms in total. The number of hydrogen-bond donors (Lipinski definition) is 3. The average molecular weight is 484 g/mol. The molecular weight excluding hydrogens is 450 g/mol. The molecule has 0 fully saturated rings. The van der Waals surface area contributed by atoms with Crippen molar-refractivity contribution in [2.75, 3.05) is 11.9 Å². The first kappa shape index (κ1) is 27.4. The van der Waals surface area contributed by atoms with Crippen molar-refractivity contribution in [3.05, 3.63) is 64.7 Å². The van der Waals surface area contributed by atoms with E-state index in [0.29, 0.717) is 5.69 Å². The normalized spacial score (nSPS) is 11.7. The van der Waals surface area contributed by atoms with Crippen LogP contribution >= 0.6 is 0 Å². The van der Waals surface area contributed by atoms with E-state index in [2.05, 4.69) is 16.0 Å². The molecule has 0 aliphatic rings. The van der Waals surface area contributed by atoms with Gasteiger partial charge in [-0.3, -0.25) is 9.59 Å². The average Bonchev–Trinajstić information content (AvgIpc) is 2.77. The van der Waals surface area contributed by atoms with Gasteiger partial charge < -0.3 is 25.4 Å². The number of nitrogens with one attached hydrogen (secondary N) is 3. The minimum atomic E-state index is -1.09. The predicted octanol–water partition coefficient (Wildman–Crippen LogP) is 3.63. The molecular formula is C26H33N3O6.